The van der Waals surface area contributed by atoms with Gasteiger partial charge in [-0.1, -0.05) is 6.42 Å². The van der Waals surface area contributed by atoms with Crippen LogP contribution in [0.1, 0.15) is 32.1 Å². The monoisotopic (exact) mass is 211 g/mol. The number of nitrogens with one attached hydrogen (secondary N) is 2. The molecule has 0 aromatic heterocycles. The average Bonchev–Trinajstić information content (AvgIpc) is 2.85. The summed E-state index contributed by atoms with van der Waals surface area (Å²) in [6.07, 6.45) is 6.34. The fourth-order valence-electron chi connectivity index (χ4n) is 3.03. The Morgan fingerprint density at radius 2 is 2.20 bits per heavy atom. The van der Waals surface area contributed by atoms with Crippen LogP contribution in [0.3, 0.4) is 0 Å². The molecule has 3 unspecified atom stereocenters. The van der Waals surface area contributed by atoms with Gasteiger partial charge in [0.2, 0.25) is 5.91 Å². The molecule has 0 aromatic carbocycles. The van der Waals surface area contributed by atoms with Crippen molar-refractivity contribution in [3.8, 4) is 0 Å². The first-order valence-corrected chi connectivity index (χ1v) is 6.02. The molecule has 1 amide bonds. The Morgan fingerprint density at radius 1 is 1.33 bits per heavy atom. The normalized spacial score (nSPS) is 35.9. The third-order valence-electron chi connectivity index (χ3n) is 3.72. The van der Waals surface area contributed by atoms with Gasteiger partial charge in [-0.25, -0.2) is 0 Å². The summed E-state index contributed by atoms with van der Waals surface area (Å²) in [6.45, 7) is 1.48. The van der Waals surface area contributed by atoms with Crippen LogP contribution in [-0.4, -0.2) is 31.1 Å². The Kier molecular flexibility index (Phi) is 3.59. The van der Waals surface area contributed by atoms with Crippen molar-refractivity contribution in [1.82, 2.24) is 10.6 Å². The number of amides is 1. The van der Waals surface area contributed by atoms with E-state index in [9.17, 15) is 4.79 Å². The van der Waals surface area contributed by atoms with Gasteiger partial charge in [0.1, 0.15) is 0 Å². The lowest BCUT2D eigenvalue weighted by Gasteiger charge is -2.26. The number of primary amides is 1. The summed E-state index contributed by atoms with van der Waals surface area (Å²) in [7, 11) is 0. The molecule has 1 saturated heterocycles. The summed E-state index contributed by atoms with van der Waals surface area (Å²) in [5.41, 5.74) is 5.15. The summed E-state index contributed by atoms with van der Waals surface area (Å²) in [5, 5.41) is 6.85. The number of nitrogens with two attached hydrogens (primary N) is 1. The average molecular weight is 211 g/mol. The first kappa shape index (κ1) is 10.9. The molecular formula is C11H21N3O. The molecule has 1 saturated carbocycles. The lowest BCUT2D eigenvalue weighted by Crippen LogP contribution is -2.44. The molecule has 4 heteroatoms. The SMILES string of the molecule is NC(=O)CNC1CCCC1C1CCCN1. The third-order valence-corrected chi connectivity index (χ3v) is 3.72. The zero-order valence-corrected chi connectivity index (χ0v) is 9.17. The predicted molar refractivity (Wildman–Crippen MR) is 59.4 cm³/mol. The van der Waals surface area contributed by atoms with E-state index >= 15 is 0 Å². The summed E-state index contributed by atoms with van der Waals surface area (Å²) < 4.78 is 0. The van der Waals surface area contributed by atoms with E-state index in [0.29, 0.717) is 24.5 Å². The van der Waals surface area contributed by atoms with E-state index in [1.807, 2.05) is 0 Å². The van der Waals surface area contributed by atoms with Crippen molar-refractivity contribution in [2.24, 2.45) is 11.7 Å². The first-order chi connectivity index (χ1) is 7.27. The molecule has 15 heavy (non-hydrogen) atoms. The molecule has 4 nitrogen and oxygen atoms in total. The van der Waals surface area contributed by atoms with Crippen molar-refractivity contribution in [2.45, 2.75) is 44.2 Å². The lowest BCUT2D eigenvalue weighted by molar-refractivity contribution is -0.117. The van der Waals surface area contributed by atoms with Crippen LogP contribution >= 0.6 is 0 Å². The van der Waals surface area contributed by atoms with Gasteiger partial charge < -0.3 is 16.4 Å². The zero-order chi connectivity index (χ0) is 10.7. The highest BCUT2D eigenvalue weighted by Gasteiger charge is 2.34. The van der Waals surface area contributed by atoms with Crippen molar-refractivity contribution in [2.75, 3.05) is 13.1 Å². The molecule has 3 atom stereocenters. The summed E-state index contributed by atoms with van der Waals surface area (Å²) >= 11 is 0. The standard InChI is InChI=1S/C11H21N3O/c12-11(15)7-14-10-4-1-3-8(10)9-5-2-6-13-9/h8-10,13-14H,1-7H2,(H2,12,15). The summed E-state index contributed by atoms with van der Waals surface area (Å²) in [6, 6.07) is 1.16. The second-order valence-corrected chi connectivity index (χ2v) is 4.75. The quantitative estimate of drug-likeness (QED) is 0.612. The minimum Gasteiger partial charge on any atom is -0.369 e. The van der Waals surface area contributed by atoms with E-state index in [-0.39, 0.29) is 5.91 Å². The molecule has 2 rings (SSSR count). The van der Waals surface area contributed by atoms with Gasteiger partial charge in [-0.05, 0) is 38.1 Å². The second kappa shape index (κ2) is 4.94. The number of hydrogen-bond acceptors (Lipinski definition) is 3. The van der Waals surface area contributed by atoms with Gasteiger partial charge in [-0.15, -0.1) is 0 Å². The van der Waals surface area contributed by atoms with Crippen LogP contribution in [0.25, 0.3) is 0 Å². The van der Waals surface area contributed by atoms with Crippen LogP contribution in [0.2, 0.25) is 0 Å². The minimum absolute atomic E-state index is 0.250. The molecule has 0 aromatic rings. The maximum Gasteiger partial charge on any atom is 0.231 e. The lowest BCUT2D eigenvalue weighted by atomic mass is 9.93. The predicted octanol–water partition coefficient (Wildman–Crippen LogP) is -0.0180. The molecule has 2 fully saturated rings. The van der Waals surface area contributed by atoms with Gasteiger partial charge in [-0.2, -0.15) is 0 Å². The smallest absolute Gasteiger partial charge is 0.231 e. The van der Waals surface area contributed by atoms with Crippen LogP contribution in [0, 0.1) is 5.92 Å². The second-order valence-electron chi connectivity index (χ2n) is 4.75. The van der Waals surface area contributed by atoms with Crippen LogP contribution in [0.4, 0.5) is 0 Å². The minimum atomic E-state index is -0.250. The fourth-order valence-corrected chi connectivity index (χ4v) is 3.03. The van der Waals surface area contributed by atoms with Crippen molar-refractivity contribution >= 4 is 5.91 Å². The van der Waals surface area contributed by atoms with E-state index in [1.54, 1.807) is 0 Å². The first-order valence-electron chi connectivity index (χ1n) is 6.02. The van der Waals surface area contributed by atoms with Gasteiger partial charge in [-0.3, -0.25) is 4.79 Å². The molecule has 0 bridgehead atoms. The topological polar surface area (TPSA) is 67.2 Å². The van der Waals surface area contributed by atoms with E-state index in [1.165, 1.54) is 32.1 Å². The Hall–Kier alpha value is -0.610. The van der Waals surface area contributed by atoms with Crippen molar-refractivity contribution in [1.29, 1.82) is 0 Å². The van der Waals surface area contributed by atoms with Crippen molar-refractivity contribution in [3.63, 3.8) is 0 Å². The summed E-state index contributed by atoms with van der Waals surface area (Å²) in [5.74, 6) is 0.451. The summed E-state index contributed by atoms with van der Waals surface area (Å²) in [4.78, 5) is 10.7. The molecule has 0 radical (unpaired) electrons. The van der Waals surface area contributed by atoms with Gasteiger partial charge in [0.15, 0.2) is 0 Å². The van der Waals surface area contributed by atoms with E-state index < -0.39 is 0 Å². The van der Waals surface area contributed by atoms with E-state index in [0.717, 1.165) is 6.54 Å². The molecule has 86 valence electrons. The van der Waals surface area contributed by atoms with Crippen molar-refractivity contribution < 1.29 is 4.79 Å². The Balaban J connectivity index is 1.84. The number of carbonyl (C=O) groups excluding carboxylic acids is 1. The molecule has 0 spiro atoms. The maximum absolute atomic E-state index is 10.7. The largest absolute Gasteiger partial charge is 0.369 e. The molecule has 4 N–H and O–H groups in total. The highest BCUT2D eigenvalue weighted by Crippen LogP contribution is 2.31. The highest BCUT2D eigenvalue weighted by atomic mass is 16.1. The Morgan fingerprint density at radius 3 is 2.87 bits per heavy atom. The molecular weight excluding hydrogens is 190 g/mol. The van der Waals surface area contributed by atoms with Crippen LogP contribution < -0.4 is 16.4 Å². The van der Waals surface area contributed by atoms with Gasteiger partial charge in [0.05, 0.1) is 6.54 Å². The van der Waals surface area contributed by atoms with E-state index in [2.05, 4.69) is 10.6 Å². The Labute approximate surface area is 91.0 Å². The highest BCUT2D eigenvalue weighted by molar-refractivity contribution is 5.75. The number of rotatable bonds is 4. The fraction of sp³-hybridized carbons (Fsp3) is 0.909. The van der Waals surface area contributed by atoms with Gasteiger partial charge in [0.25, 0.3) is 0 Å². The van der Waals surface area contributed by atoms with Gasteiger partial charge >= 0.3 is 0 Å². The van der Waals surface area contributed by atoms with Crippen LogP contribution in [0.15, 0.2) is 0 Å². The zero-order valence-electron chi connectivity index (χ0n) is 9.17. The number of carbonyl (C=O) groups is 1. The Bertz CT molecular complexity index is 226. The maximum atomic E-state index is 10.7. The molecule has 1 heterocycles. The molecule has 2 aliphatic rings. The van der Waals surface area contributed by atoms with Crippen LogP contribution in [-0.2, 0) is 4.79 Å². The van der Waals surface area contributed by atoms with Gasteiger partial charge in [0, 0.05) is 12.1 Å². The van der Waals surface area contributed by atoms with E-state index in [4.69, 9.17) is 5.73 Å². The van der Waals surface area contributed by atoms with Crippen molar-refractivity contribution in [3.05, 3.63) is 0 Å². The number of hydrogen-bond donors (Lipinski definition) is 3. The molecule has 1 aliphatic carbocycles. The van der Waals surface area contributed by atoms with Crippen LogP contribution in [0.5, 0.6) is 0 Å². The third kappa shape index (κ3) is 2.69. The molecule has 1 aliphatic heterocycles.